The molecule has 0 spiro atoms. The quantitative estimate of drug-likeness (QED) is 0.731. The molecule has 0 aromatic heterocycles. The average Bonchev–Trinajstić information content (AvgIpc) is 2.50. The molecule has 0 aromatic rings. The van der Waals surface area contributed by atoms with Gasteiger partial charge in [0.2, 0.25) is 0 Å². The van der Waals surface area contributed by atoms with Crippen LogP contribution in [0.3, 0.4) is 0 Å². The molecule has 3 heteroatoms. The Morgan fingerprint density at radius 3 is 2.60 bits per heavy atom. The Morgan fingerprint density at radius 2 is 2.13 bits per heavy atom. The zero-order valence-electron chi connectivity index (χ0n) is 11.0. The normalized spacial score (nSPS) is 24.0. The van der Waals surface area contributed by atoms with E-state index < -0.39 is 0 Å². The molecule has 90 valence electrons. The summed E-state index contributed by atoms with van der Waals surface area (Å²) in [6.45, 7) is 9.39. The predicted molar refractivity (Wildman–Crippen MR) is 66.2 cm³/mol. The van der Waals surface area contributed by atoms with Gasteiger partial charge < -0.3 is 15.1 Å². The molecule has 15 heavy (non-hydrogen) atoms. The van der Waals surface area contributed by atoms with Gasteiger partial charge in [-0.15, -0.1) is 0 Å². The molecule has 0 bridgehead atoms. The second-order valence-electron chi connectivity index (χ2n) is 5.75. The van der Waals surface area contributed by atoms with Gasteiger partial charge in [-0.3, -0.25) is 0 Å². The van der Waals surface area contributed by atoms with Gasteiger partial charge in [-0.1, -0.05) is 0 Å². The summed E-state index contributed by atoms with van der Waals surface area (Å²) in [6.07, 6.45) is 1.36. The highest BCUT2D eigenvalue weighted by molar-refractivity contribution is 4.81. The molecule has 1 fully saturated rings. The first kappa shape index (κ1) is 12.9. The van der Waals surface area contributed by atoms with Crippen molar-refractivity contribution in [2.45, 2.75) is 25.8 Å². The molecule has 0 radical (unpaired) electrons. The largest absolute Gasteiger partial charge is 0.314 e. The third-order valence-corrected chi connectivity index (χ3v) is 3.40. The zero-order chi connectivity index (χ0) is 11.5. The third-order valence-electron chi connectivity index (χ3n) is 3.40. The Morgan fingerprint density at radius 1 is 1.47 bits per heavy atom. The van der Waals surface area contributed by atoms with E-state index in [0.717, 1.165) is 12.5 Å². The van der Waals surface area contributed by atoms with E-state index in [9.17, 15) is 0 Å². The summed E-state index contributed by atoms with van der Waals surface area (Å²) < 4.78 is 0. The van der Waals surface area contributed by atoms with E-state index in [4.69, 9.17) is 0 Å². The molecule has 0 aromatic carbocycles. The van der Waals surface area contributed by atoms with Gasteiger partial charge in [0.05, 0.1) is 0 Å². The van der Waals surface area contributed by atoms with Crippen LogP contribution in [-0.2, 0) is 0 Å². The van der Waals surface area contributed by atoms with Crippen LogP contribution < -0.4 is 5.32 Å². The first-order valence-corrected chi connectivity index (χ1v) is 5.99. The molecule has 3 nitrogen and oxygen atoms in total. The third kappa shape index (κ3) is 4.49. The number of likely N-dealkylation sites (tertiary alicyclic amines) is 1. The van der Waals surface area contributed by atoms with Crippen molar-refractivity contribution in [3.8, 4) is 0 Å². The summed E-state index contributed by atoms with van der Waals surface area (Å²) >= 11 is 0. The molecule has 1 atom stereocenters. The van der Waals surface area contributed by atoms with Gasteiger partial charge in [0.15, 0.2) is 0 Å². The van der Waals surface area contributed by atoms with Gasteiger partial charge in [-0.05, 0) is 53.9 Å². The van der Waals surface area contributed by atoms with Gasteiger partial charge in [-0.25, -0.2) is 0 Å². The molecule has 0 aliphatic carbocycles. The molecule has 1 aliphatic heterocycles. The molecular weight excluding hydrogens is 186 g/mol. The van der Waals surface area contributed by atoms with E-state index in [1.165, 1.54) is 26.1 Å². The maximum absolute atomic E-state index is 3.35. The van der Waals surface area contributed by atoms with Gasteiger partial charge in [0, 0.05) is 25.2 Å². The molecule has 1 rings (SSSR count). The molecule has 0 saturated carbocycles. The topological polar surface area (TPSA) is 18.5 Å². The number of hydrogen-bond donors (Lipinski definition) is 1. The lowest BCUT2D eigenvalue weighted by atomic mass is 10.0. The van der Waals surface area contributed by atoms with E-state index in [-0.39, 0.29) is 5.54 Å². The fraction of sp³-hybridized carbons (Fsp3) is 1.00. The van der Waals surface area contributed by atoms with Crippen molar-refractivity contribution >= 4 is 0 Å². The van der Waals surface area contributed by atoms with Crippen LogP contribution in [0.25, 0.3) is 0 Å². The lowest BCUT2D eigenvalue weighted by Crippen LogP contribution is -2.47. The van der Waals surface area contributed by atoms with Gasteiger partial charge in [0.1, 0.15) is 0 Å². The van der Waals surface area contributed by atoms with Crippen molar-refractivity contribution in [3.05, 3.63) is 0 Å². The van der Waals surface area contributed by atoms with Crippen LogP contribution in [0, 0.1) is 5.92 Å². The standard InChI is InChI=1S/C12H27N3/c1-12(2,13-3)10-15(5)9-11-6-7-14(4)8-11/h11,13H,6-10H2,1-5H3. The van der Waals surface area contributed by atoms with Crippen molar-refractivity contribution < 1.29 is 0 Å². The predicted octanol–water partition coefficient (Wildman–Crippen LogP) is 0.868. The minimum absolute atomic E-state index is 0.221. The number of nitrogens with zero attached hydrogens (tertiary/aromatic N) is 2. The smallest absolute Gasteiger partial charge is 0.0249 e. The summed E-state index contributed by atoms with van der Waals surface area (Å²) in [4.78, 5) is 4.89. The highest BCUT2D eigenvalue weighted by Crippen LogP contribution is 2.16. The van der Waals surface area contributed by atoms with E-state index in [2.05, 4.69) is 43.1 Å². The zero-order valence-corrected chi connectivity index (χ0v) is 11.0. The van der Waals surface area contributed by atoms with E-state index >= 15 is 0 Å². The number of rotatable bonds is 5. The highest BCUT2D eigenvalue weighted by Gasteiger charge is 2.23. The van der Waals surface area contributed by atoms with Crippen molar-refractivity contribution in [1.82, 2.24) is 15.1 Å². The van der Waals surface area contributed by atoms with Crippen LogP contribution in [0.2, 0.25) is 0 Å². The summed E-state index contributed by atoms with van der Waals surface area (Å²) in [7, 11) is 6.49. The number of hydrogen-bond acceptors (Lipinski definition) is 3. The van der Waals surface area contributed by atoms with Crippen LogP contribution in [-0.4, -0.2) is 62.7 Å². The maximum Gasteiger partial charge on any atom is 0.0249 e. The van der Waals surface area contributed by atoms with Gasteiger partial charge >= 0.3 is 0 Å². The molecule has 1 aliphatic rings. The molecule has 1 heterocycles. The SMILES string of the molecule is CNC(C)(C)CN(C)CC1CCN(C)C1. The Labute approximate surface area is 94.8 Å². The number of likely N-dealkylation sites (N-methyl/N-ethyl adjacent to an activating group) is 2. The maximum atomic E-state index is 3.35. The van der Waals surface area contributed by atoms with Crippen molar-refractivity contribution in [3.63, 3.8) is 0 Å². The first-order valence-electron chi connectivity index (χ1n) is 5.99. The number of nitrogens with one attached hydrogen (secondary N) is 1. The lowest BCUT2D eigenvalue weighted by molar-refractivity contribution is 0.214. The van der Waals surface area contributed by atoms with Crippen molar-refractivity contribution in [2.75, 3.05) is 47.3 Å². The van der Waals surface area contributed by atoms with Crippen molar-refractivity contribution in [1.29, 1.82) is 0 Å². The molecule has 1 unspecified atom stereocenters. The van der Waals surface area contributed by atoms with Crippen LogP contribution in [0.4, 0.5) is 0 Å². The molecule has 1 saturated heterocycles. The van der Waals surface area contributed by atoms with Gasteiger partial charge in [0.25, 0.3) is 0 Å². The van der Waals surface area contributed by atoms with Gasteiger partial charge in [-0.2, -0.15) is 0 Å². The fourth-order valence-electron chi connectivity index (χ4n) is 2.43. The lowest BCUT2D eigenvalue weighted by Gasteiger charge is -2.31. The molecular formula is C12H27N3. The summed E-state index contributed by atoms with van der Waals surface area (Å²) in [5, 5.41) is 3.35. The Hall–Kier alpha value is -0.120. The van der Waals surface area contributed by atoms with E-state index in [0.29, 0.717) is 0 Å². The minimum atomic E-state index is 0.221. The fourth-order valence-corrected chi connectivity index (χ4v) is 2.43. The summed E-state index contributed by atoms with van der Waals surface area (Å²) in [5.74, 6) is 0.868. The van der Waals surface area contributed by atoms with Crippen LogP contribution in [0.5, 0.6) is 0 Å². The van der Waals surface area contributed by atoms with Crippen molar-refractivity contribution in [2.24, 2.45) is 5.92 Å². The van der Waals surface area contributed by atoms with E-state index in [1.54, 1.807) is 0 Å². The first-order chi connectivity index (χ1) is 6.93. The molecule has 1 N–H and O–H groups in total. The minimum Gasteiger partial charge on any atom is -0.314 e. The Balaban J connectivity index is 2.27. The monoisotopic (exact) mass is 213 g/mol. The Kier molecular flexibility index (Phi) is 4.56. The van der Waals surface area contributed by atoms with Crippen LogP contribution in [0.15, 0.2) is 0 Å². The van der Waals surface area contributed by atoms with Crippen LogP contribution >= 0.6 is 0 Å². The summed E-state index contributed by atoms with van der Waals surface area (Å²) in [5.41, 5.74) is 0.221. The van der Waals surface area contributed by atoms with E-state index in [1.807, 2.05) is 7.05 Å². The summed E-state index contributed by atoms with van der Waals surface area (Å²) in [6, 6.07) is 0. The second-order valence-corrected chi connectivity index (χ2v) is 5.75. The van der Waals surface area contributed by atoms with Crippen LogP contribution in [0.1, 0.15) is 20.3 Å². The molecule has 0 amide bonds. The average molecular weight is 213 g/mol. The highest BCUT2D eigenvalue weighted by atomic mass is 15.2. The second kappa shape index (κ2) is 5.28. The Bertz CT molecular complexity index is 191.